The molecule has 1 fully saturated rings. The lowest BCUT2D eigenvalue weighted by molar-refractivity contribution is -0.328. The maximum Gasteiger partial charge on any atom is 0.186 e. The maximum absolute atomic E-state index is 6.75. The minimum atomic E-state index is -0.697. The number of hydrogen-bond acceptors (Lipinski definition) is 6. The van der Waals surface area contributed by atoms with Crippen LogP contribution in [0.3, 0.4) is 0 Å². The molecule has 0 spiro atoms. The van der Waals surface area contributed by atoms with E-state index in [0.29, 0.717) is 46.1 Å². The third-order valence-electron chi connectivity index (χ3n) is 7.84. The lowest BCUT2D eigenvalue weighted by atomic mass is 9.97. The molecule has 0 bridgehead atoms. The Bertz CT molecular complexity index is 1410. The number of hydrogen-bond donors (Lipinski definition) is 0. The van der Waals surface area contributed by atoms with E-state index < -0.39 is 30.7 Å². The molecule has 5 atom stereocenters. The molecule has 0 amide bonds. The van der Waals surface area contributed by atoms with Crippen molar-refractivity contribution in [1.29, 1.82) is 0 Å². The van der Waals surface area contributed by atoms with Crippen LogP contribution in [0.25, 0.3) is 0 Å². The van der Waals surface area contributed by atoms with E-state index in [-0.39, 0.29) is 0 Å². The SMILES string of the molecule is C#CCCCCOC1O[C@H](COCc2ccccc2)[C@@H](OCc2ccccc2)[C@H](OCc2ccccc2)[C@H]1OCc1ccccc1. The zero-order chi connectivity index (χ0) is 31.7. The van der Waals surface area contributed by atoms with Crippen LogP contribution in [0.1, 0.15) is 41.5 Å². The van der Waals surface area contributed by atoms with Gasteiger partial charge in [0.05, 0.1) is 33.0 Å². The summed E-state index contributed by atoms with van der Waals surface area (Å²) in [6, 6.07) is 40.5. The van der Waals surface area contributed by atoms with E-state index in [1.165, 1.54) is 0 Å². The van der Waals surface area contributed by atoms with Crippen LogP contribution in [0.15, 0.2) is 121 Å². The van der Waals surface area contributed by atoms with Gasteiger partial charge in [0.25, 0.3) is 0 Å². The van der Waals surface area contributed by atoms with Crippen LogP contribution < -0.4 is 0 Å². The van der Waals surface area contributed by atoms with Crippen molar-refractivity contribution < 1.29 is 28.4 Å². The van der Waals surface area contributed by atoms with Crippen LogP contribution in [0, 0.1) is 12.3 Å². The van der Waals surface area contributed by atoms with Gasteiger partial charge in [-0.25, -0.2) is 0 Å². The standard InChI is InChI=1S/C40H44O6/c1-2-3-4-17-26-42-40-39(45-30-35-24-15-8-16-25-35)38(44-29-34-22-13-7-14-23-34)37(43-28-33-20-11-6-12-21-33)36(46-40)31-41-27-32-18-9-5-10-19-32/h1,5-16,18-25,36-40H,3-4,17,26-31H2/t36-,37-,38+,39-,40?/m1/s1. The Morgan fingerprint density at radius 1 is 0.522 bits per heavy atom. The van der Waals surface area contributed by atoms with E-state index in [1.54, 1.807) is 0 Å². The lowest BCUT2D eigenvalue weighted by Crippen LogP contribution is -2.61. The molecule has 1 aliphatic rings. The predicted octanol–water partition coefficient (Wildman–Crippen LogP) is 7.50. The first-order valence-electron chi connectivity index (χ1n) is 16.1. The van der Waals surface area contributed by atoms with E-state index in [4.69, 9.17) is 34.8 Å². The zero-order valence-electron chi connectivity index (χ0n) is 26.3. The van der Waals surface area contributed by atoms with E-state index in [0.717, 1.165) is 35.1 Å². The molecular formula is C40H44O6. The quantitative estimate of drug-likeness (QED) is 0.0848. The lowest BCUT2D eigenvalue weighted by Gasteiger charge is -2.46. The highest BCUT2D eigenvalue weighted by Gasteiger charge is 2.49. The Morgan fingerprint density at radius 3 is 1.48 bits per heavy atom. The summed E-state index contributed by atoms with van der Waals surface area (Å²) in [4.78, 5) is 0. The molecule has 0 saturated carbocycles. The highest BCUT2D eigenvalue weighted by Crippen LogP contribution is 2.32. The van der Waals surface area contributed by atoms with Crippen molar-refractivity contribution in [3.63, 3.8) is 0 Å². The van der Waals surface area contributed by atoms with Gasteiger partial charge in [-0.1, -0.05) is 121 Å². The second-order valence-electron chi connectivity index (χ2n) is 11.4. The molecule has 1 unspecified atom stereocenters. The smallest absolute Gasteiger partial charge is 0.186 e. The molecule has 46 heavy (non-hydrogen) atoms. The molecule has 6 heteroatoms. The second kappa shape index (κ2) is 19.0. The molecule has 6 nitrogen and oxygen atoms in total. The largest absolute Gasteiger partial charge is 0.374 e. The van der Waals surface area contributed by atoms with Crippen LogP contribution in [-0.4, -0.2) is 43.9 Å². The van der Waals surface area contributed by atoms with Crippen LogP contribution in [0.2, 0.25) is 0 Å². The van der Waals surface area contributed by atoms with Gasteiger partial charge in [0.15, 0.2) is 6.29 Å². The van der Waals surface area contributed by atoms with Crippen molar-refractivity contribution in [3.05, 3.63) is 144 Å². The van der Waals surface area contributed by atoms with Gasteiger partial charge in [-0.3, -0.25) is 0 Å². The van der Waals surface area contributed by atoms with E-state index in [9.17, 15) is 0 Å². The summed E-state index contributed by atoms with van der Waals surface area (Å²) in [7, 11) is 0. The molecule has 4 aromatic rings. The van der Waals surface area contributed by atoms with Gasteiger partial charge in [-0.15, -0.1) is 12.3 Å². The average Bonchev–Trinajstić information content (AvgIpc) is 3.11. The van der Waals surface area contributed by atoms with Crippen molar-refractivity contribution >= 4 is 0 Å². The normalized spacial score (nSPS) is 21.1. The topological polar surface area (TPSA) is 55.4 Å². The highest BCUT2D eigenvalue weighted by atomic mass is 16.7. The minimum Gasteiger partial charge on any atom is -0.374 e. The zero-order valence-corrected chi connectivity index (χ0v) is 26.3. The van der Waals surface area contributed by atoms with Crippen molar-refractivity contribution in [2.24, 2.45) is 0 Å². The maximum atomic E-state index is 6.75. The van der Waals surface area contributed by atoms with Gasteiger partial charge >= 0.3 is 0 Å². The number of unbranched alkanes of at least 4 members (excludes halogenated alkanes) is 2. The van der Waals surface area contributed by atoms with Crippen LogP contribution in [-0.2, 0) is 54.8 Å². The molecule has 4 aromatic carbocycles. The summed E-state index contributed by atoms with van der Waals surface area (Å²) >= 11 is 0. The molecule has 1 heterocycles. The fourth-order valence-electron chi connectivity index (χ4n) is 5.41. The van der Waals surface area contributed by atoms with Gasteiger partial charge in [-0.2, -0.15) is 0 Å². The average molecular weight is 621 g/mol. The van der Waals surface area contributed by atoms with Crippen molar-refractivity contribution in [2.45, 2.75) is 76.4 Å². The van der Waals surface area contributed by atoms with Gasteiger partial charge in [0.2, 0.25) is 0 Å². The van der Waals surface area contributed by atoms with Gasteiger partial charge in [0.1, 0.15) is 24.4 Å². The van der Waals surface area contributed by atoms with Gasteiger partial charge in [0, 0.05) is 13.0 Å². The third kappa shape index (κ3) is 10.6. The van der Waals surface area contributed by atoms with Gasteiger partial charge < -0.3 is 28.4 Å². The highest BCUT2D eigenvalue weighted by molar-refractivity contribution is 5.16. The molecule has 0 radical (unpaired) electrons. The Labute approximate surface area is 273 Å². The first kappa shape index (κ1) is 33.6. The number of terminal acetylenes is 1. The summed E-state index contributed by atoms with van der Waals surface area (Å²) in [5.74, 6) is 2.71. The number of rotatable bonds is 18. The molecule has 1 saturated heterocycles. The number of benzene rings is 4. The molecular weight excluding hydrogens is 576 g/mol. The monoisotopic (exact) mass is 620 g/mol. The van der Waals surface area contributed by atoms with Crippen molar-refractivity contribution in [1.82, 2.24) is 0 Å². The summed E-state index contributed by atoms with van der Waals surface area (Å²) in [5.41, 5.74) is 4.25. The Kier molecular flexibility index (Phi) is 13.9. The van der Waals surface area contributed by atoms with E-state index in [1.807, 2.05) is 97.1 Å². The predicted molar refractivity (Wildman–Crippen MR) is 178 cm³/mol. The van der Waals surface area contributed by atoms with Crippen LogP contribution >= 0.6 is 0 Å². The summed E-state index contributed by atoms with van der Waals surface area (Å²) in [5, 5.41) is 0. The van der Waals surface area contributed by atoms with Crippen LogP contribution in [0.5, 0.6) is 0 Å². The minimum absolute atomic E-state index is 0.294. The second-order valence-corrected chi connectivity index (χ2v) is 11.4. The first-order chi connectivity index (χ1) is 22.8. The van der Waals surface area contributed by atoms with Crippen LogP contribution in [0.4, 0.5) is 0 Å². The Hall–Kier alpha value is -3.80. The first-order valence-corrected chi connectivity index (χ1v) is 16.1. The fraction of sp³-hybridized carbons (Fsp3) is 0.350. The fourth-order valence-corrected chi connectivity index (χ4v) is 5.41. The van der Waals surface area contributed by atoms with Crippen molar-refractivity contribution in [3.8, 4) is 12.3 Å². The molecule has 5 rings (SSSR count). The molecule has 0 aromatic heterocycles. The molecule has 0 aliphatic carbocycles. The Morgan fingerprint density at radius 2 is 0.978 bits per heavy atom. The molecule has 1 aliphatic heterocycles. The summed E-state index contributed by atoms with van der Waals surface area (Å²) in [6.45, 7) is 2.37. The van der Waals surface area contributed by atoms with E-state index >= 15 is 0 Å². The van der Waals surface area contributed by atoms with E-state index in [2.05, 4.69) is 30.2 Å². The van der Waals surface area contributed by atoms with Gasteiger partial charge in [-0.05, 0) is 35.1 Å². The summed E-state index contributed by atoms with van der Waals surface area (Å²) in [6.07, 6.45) is 5.13. The third-order valence-corrected chi connectivity index (χ3v) is 7.84. The van der Waals surface area contributed by atoms with Crippen molar-refractivity contribution in [2.75, 3.05) is 13.2 Å². The summed E-state index contributed by atoms with van der Waals surface area (Å²) < 4.78 is 39.4. The number of ether oxygens (including phenoxy) is 6. The Balaban J connectivity index is 1.41. The molecule has 240 valence electrons. The molecule has 0 N–H and O–H groups in total.